The van der Waals surface area contributed by atoms with Gasteiger partial charge >= 0.3 is 0 Å². The van der Waals surface area contributed by atoms with Gasteiger partial charge in [-0.05, 0) is 25.7 Å². The van der Waals surface area contributed by atoms with Gasteiger partial charge in [-0.3, -0.25) is 0 Å². The average Bonchev–Trinajstić information content (AvgIpc) is 2.50. The number of hydrogen-bond donors (Lipinski definition) is 1. The minimum absolute atomic E-state index is 0.706. The molecule has 1 atom stereocenters. The van der Waals surface area contributed by atoms with E-state index >= 15 is 0 Å². The molecule has 54 valence electrons. The van der Waals surface area contributed by atoms with Crippen molar-refractivity contribution in [2.45, 2.75) is 45.7 Å². The minimum atomic E-state index is 0.706. The molecule has 0 unspecified atom stereocenters. The van der Waals surface area contributed by atoms with Crippen molar-refractivity contribution in [1.29, 1.82) is 0 Å². The van der Waals surface area contributed by atoms with Crippen molar-refractivity contribution >= 4 is 0 Å². The predicted molar refractivity (Wildman–Crippen MR) is 40.5 cm³/mol. The second kappa shape index (κ2) is 2.70. The zero-order valence-electron chi connectivity index (χ0n) is 6.65. The molecule has 1 aliphatic carbocycles. The lowest BCUT2D eigenvalue weighted by molar-refractivity contribution is 0.425. The van der Waals surface area contributed by atoms with Crippen molar-refractivity contribution in [2.75, 3.05) is 0 Å². The highest BCUT2D eigenvalue weighted by Gasteiger charge is 2.23. The van der Waals surface area contributed by atoms with Gasteiger partial charge in [-0.15, -0.1) is 0 Å². The summed E-state index contributed by atoms with van der Waals surface area (Å²) in [4.78, 5) is 0. The van der Waals surface area contributed by atoms with Gasteiger partial charge in [0.2, 0.25) is 0 Å². The van der Waals surface area contributed by atoms with Gasteiger partial charge in [0.05, 0.1) is 0 Å². The van der Waals surface area contributed by atoms with Crippen LogP contribution in [0.2, 0.25) is 0 Å². The Kier molecular flexibility index (Phi) is 2.12. The van der Waals surface area contributed by atoms with Crippen LogP contribution >= 0.6 is 0 Å². The molecule has 1 aliphatic rings. The molecule has 0 aromatic carbocycles. The second-order valence-corrected chi connectivity index (χ2v) is 3.47. The summed E-state index contributed by atoms with van der Waals surface area (Å²) in [6.07, 6.45) is 2.80. The van der Waals surface area contributed by atoms with E-state index in [-0.39, 0.29) is 0 Å². The molecule has 0 amide bonds. The van der Waals surface area contributed by atoms with Crippen LogP contribution in [-0.2, 0) is 0 Å². The van der Waals surface area contributed by atoms with Gasteiger partial charge in [0.15, 0.2) is 0 Å². The number of nitrogens with one attached hydrogen (secondary N) is 1. The average molecular weight is 127 g/mol. The first-order chi connectivity index (χ1) is 4.20. The third-order valence-corrected chi connectivity index (χ3v) is 2.08. The van der Waals surface area contributed by atoms with Gasteiger partial charge in [0.25, 0.3) is 0 Å². The predicted octanol–water partition coefficient (Wildman–Crippen LogP) is 1.78. The van der Waals surface area contributed by atoms with Crippen molar-refractivity contribution in [3.8, 4) is 0 Å². The van der Waals surface area contributed by atoms with Crippen molar-refractivity contribution in [1.82, 2.24) is 5.32 Å². The van der Waals surface area contributed by atoms with E-state index in [1.807, 2.05) is 0 Å². The van der Waals surface area contributed by atoms with Crippen molar-refractivity contribution in [3.63, 3.8) is 0 Å². The molecule has 1 heteroatoms. The van der Waals surface area contributed by atoms with Crippen LogP contribution in [0.5, 0.6) is 0 Å². The maximum atomic E-state index is 3.55. The van der Waals surface area contributed by atoms with Gasteiger partial charge in [-0.2, -0.15) is 0 Å². The highest BCUT2D eigenvalue weighted by atomic mass is 15.0. The van der Waals surface area contributed by atoms with Crippen molar-refractivity contribution < 1.29 is 0 Å². The Bertz CT molecular complexity index is 84.6. The summed E-state index contributed by atoms with van der Waals surface area (Å²) in [5, 5.41) is 3.55. The summed E-state index contributed by atoms with van der Waals surface area (Å²) >= 11 is 0. The molecule has 1 rings (SSSR count). The molecule has 9 heavy (non-hydrogen) atoms. The van der Waals surface area contributed by atoms with E-state index in [9.17, 15) is 0 Å². The van der Waals surface area contributed by atoms with Crippen LogP contribution in [0.25, 0.3) is 0 Å². The van der Waals surface area contributed by atoms with Crippen molar-refractivity contribution in [3.05, 3.63) is 0 Å². The van der Waals surface area contributed by atoms with E-state index in [0.29, 0.717) is 6.04 Å². The van der Waals surface area contributed by atoms with E-state index in [1.54, 1.807) is 0 Å². The van der Waals surface area contributed by atoms with E-state index in [2.05, 4.69) is 26.1 Å². The zero-order valence-corrected chi connectivity index (χ0v) is 6.65. The Labute approximate surface area is 57.8 Å². The molecule has 0 aromatic heterocycles. The van der Waals surface area contributed by atoms with E-state index < -0.39 is 0 Å². The maximum Gasteiger partial charge on any atom is 0.00708 e. The fourth-order valence-corrected chi connectivity index (χ4v) is 0.814. The summed E-state index contributed by atoms with van der Waals surface area (Å²) in [7, 11) is 0. The van der Waals surface area contributed by atoms with Crippen LogP contribution in [0.15, 0.2) is 0 Å². The quantitative estimate of drug-likeness (QED) is 0.609. The Hall–Kier alpha value is -0.0400. The molecule has 0 spiro atoms. The maximum absolute atomic E-state index is 3.55. The van der Waals surface area contributed by atoms with Gasteiger partial charge < -0.3 is 5.32 Å². The first-order valence-corrected chi connectivity index (χ1v) is 3.96. The largest absolute Gasteiger partial charge is 0.311 e. The monoisotopic (exact) mass is 127 g/mol. The third-order valence-electron chi connectivity index (χ3n) is 2.08. The Morgan fingerprint density at radius 2 is 1.78 bits per heavy atom. The standard InChI is InChI=1S/C8H17N/c1-6(2)7(3)9-8-4-5-8/h6-9H,4-5H2,1-3H3/t7-/m0/s1. The summed E-state index contributed by atoms with van der Waals surface area (Å²) < 4.78 is 0. The minimum Gasteiger partial charge on any atom is -0.311 e. The van der Waals surface area contributed by atoms with Gasteiger partial charge in [-0.1, -0.05) is 13.8 Å². The molecule has 1 saturated carbocycles. The molecule has 0 saturated heterocycles. The molecule has 0 aliphatic heterocycles. The first kappa shape index (κ1) is 7.07. The van der Waals surface area contributed by atoms with Crippen LogP contribution in [0, 0.1) is 5.92 Å². The van der Waals surface area contributed by atoms with E-state index in [4.69, 9.17) is 0 Å². The molecule has 0 aromatic rings. The Morgan fingerprint density at radius 1 is 1.22 bits per heavy atom. The fourth-order valence-electron chi connectivity index (χ4n) is 0.814. The molecule has 1 fully saturated rings. The van der Waals surface area contributed by atoms with Crippen LogP contribution in [0.1, 0.15) is 33.6 Å². The van der Waals surface area contributed by atoms with E-state index in [0.717, 1.165) is 12.0 Å². The summed E-state index contributed by atoms with van der Waals surface area (Å²) in [6, 6.07) is 1.57. The first-order valence-electron chi connectivity index (χ1n) is 3.96. The summed E-state index contributed by atoms with van der Waals surface area (Å²) in [5.41, 5.74) is 0. The van der Waals surface area contributed by atoms with Crippen LogP contribution in [0.3, 0.4) is 0 Å². The molecule has 1 N–H and O–H groups in total. The lowest BCUT2D eigenvalue weighted by atomic mass is 10.1. The summed E-state index contributed by atoms with van der Waals surface area (Å²) in [5.74, 6) is 0.783. The molecule has 0 heterocycles. The topological polar surface area (TPSA) is 12.0 Å². The van der Waals surface area contributed by atoms with Gasteiger partial charge in [0.1, 0.15) is 0 Å². The third kappa shape index (κ3) is 2.35. The Balaban J connectivity index is 2.09. The lowest BCUT2D eigenvalue weighted by Crippen LogP contribution is -2.32. The molecular weight excluding hydrogens is 110 g/mol. The van der Waals surface area contributed by atoms with Gasteiger partial charge in [-0.25, -0.2) is 0 Å². The Morgan fingerprint density at radius 3 is 2.11 bits per heavy atom. The summed E-state index contributed by atoms with van der Waals surface area (Å²) in [6.45, 7) is 6.79. The highest BCUT2D eigenvalue weighted by Crippen LogP contribution is 2.20. The number of rotatable bonds is 3. The van der Waals surface area contributed by atoms with E-state index in [1.165, 1.54) is 12.8 Å². The number of hydrogen-bond acceptors (Lipinski definition) is 1. The zero-order chi connectivity index (χ0) is 6.85. The smallest absolute Gasteiger partial charge is 0.00708 e. The van der Waals surface area contributed by atoms with Crippen molar-refractivity contribution in [2.24, 2.45) is 5.92 Å². The van der Waals surface area contributed by atoms with Crippen LogP contribution in [0.4, 0.5) is 0 Å². The van der Waals surface area contributed by atoms with Gasteiger partial charge in [0, 0.05) is 12.1 Å². The van der Waals surface area contributed by atoms with Crippen LogP contribution < -0.4 is 5.32 Å². The lowest BCUT2D eigenvalue weighted by Gasteiger charge is -2.16. The molecule has 0 bridgehead atoms. The SMILES string of the molecule is CC(C)[C@H](C)NC1CC1. The second-order valence-electron chi connectivity index (χ2n) is 3.47. The normalized spacial score (nSPS) is 22.7. The molecular formula is C8H17N. The molecule has 1 nitrogen and oxygen atoms in total. The highest BCUT2D eigenvalue weighted by molar-refractivity contribution is 4.84. The molecule has 0 radical (unpaired) electrons. The van der Waals surface area contributed by atoms with Crippen LogP contribution in [-0.4, -0.2) is 12.1 Å². The fraction of sp³-hybridized carbons (Fsp3) is 1.00.